The summed E-state index contributed by atoms with van der Waals surface area (Å²) in [6.45, 7) is 1.15. The van der Waals surface area contributed by atoms with Gasteiger partial charge in [0.25, 0.3) is 0 Å². The predicted molar refractivity (Wildman–Crippen MR) is 124 cm³/mol. The monoisotopic (exact) mass is 508 g/mol. The molecule has 198 valence electrons. The SMILES string of the molecule is C/C=C1\[C@H](CC(=O)OCCOc2ccccc2)C(C(=O)O)=CC[C@H]1O[C@@H]1O[C@H](CO)[C@@H](O)[C@H](O)[C@H]1O. The number of carboxylic acid groups (broad SMARTS) is 1. The molecule has 1 aromatic rings. The molecule has 2 aliphatic rings. The number of hydrogen-bond acceptors (Lipinski definition) is 10. The van der Waals surface area contributed by atoms with Crippen LogP contribution in [-0.2, 0) is 23.8 Å². The van der Waals surface area contributed by atoms with Crippen molar-refractivity contribution in [3.05, 3.63) is 53.6 Å². The molecule has 1 aliphatic heterocycles. The number of carbonyl (C=O) groups is 2. The number of aliphatic hydroxyl groups is 4. The Kier molecular flexibility index (Phi) is 9.99. The van der Waals surface area contributed by atoms with E-state index in [1.54, 1.807) is 25.1 Å². The van der Waals surface area contributed by atoms with Gasteiger partial charge in [-0.25, -0.2) is 4.79 Å². The summed E-state index contributed by atoms with van der Waals surface area (Å²) in [5, 5.41) is 49.4. The van der Waals surface area contributed by atoms with Gasteiger partial charge in [-0.2, -0.15) is 0 Å². The van der Waals surface area contributed by atoms with Gasteiger partial charge in [0, 0.05) is 11.5 Å². The van der Waals surface area contributed by atoms with Crippen molar-refractivity contribution in [3.63, 3.8) is 0 Å². The van der Waals surface area contributed by atoms with E-state index in [1.807, 2.05) is 18.2 Å². The van der Waals surface area contributed by atoms with Crippen molar-refractivity contribution in [2.45, 2.75) is 56.6 Å². The summed E-state index contributed by atoms with van der Waals surface area (Å²) in [5.41, 5.74) is 0.471. The van der Waals surface area contributed by atoms with E-state index in [4.69, 9.17) is 18.9 Å². The maximum absolute atomic E-state index is 12.5. The first-order valence-electron chi connectivity index (χ1n) is 11.7. The van der Waals surface area contributed by atoms with Crippen molar-refractivity contribution in [2.24, 2.45) is 5.92 Å². The van der Waals surface area contributed by atoms with E-state index in [0.717, 1.165) is 0 Å². The average molecular weight is 509 g/mol. The second-order valence-corrected chi connectivity index (χ2v) is 8.45. The standard InChI is InChI=1S/C25H32O11/c1-2-15-17(12-20(27)34-11-10-33-14-6-4-3-5-7-14)16(24(31)32)8-9-18(15)35-25-23(30)22(29)21(28)19(13-26)36-25/h2-8,17-19,21-23,25-26,28-30H,9-13H2,1H3,(H,31,32)/b15-2+/t17-,18+,19+,21+,22-,23+,25+/m0/s1. The van der Waals surface area contributed by atoms with E-state index < -0.39 is 61.3 Å². The van der Waals surface area contributed by atoms with Gasteiger partial charge in [-0.1, -0.05) is 30.4 Å². The van der Waals surface area contributed by atoms with E-state index in [9.17, 15) is 35.1 Å². The fourth-order valence-corrected chi connectivity index (χ4v) is 4.30. The average Bonchev–Trinajstić information content (AvgIpc) is 2.87. The molecule has 3 rings (SSSR count). The van der Waals surface area contributed by atoms with Gasteiger partial charge in [0.15, 0.2) is 6.29 Å². The maximum Gasteiger partial charge on any atom is 0.331 e. The zero-order chi connectivity index (χ0) is 26.2. The third kappa shape index (κ3) is 6.69. The summed E-state index contributed by atoms with van der Waals surface area (Å²) in [7, 11) is 0. The summed E-state index contributed by atoms with van der Waals surface area (Å²) < 4.78 is 22.0. The molecule has 36 heavy (non-hydrogen) atoms. The van der Waals surface area contributed by atoms with E-state index >= 15 is 0 Å². The number of benzene rings is 1. The van der Waals surface area contributed by atoms with Crippen molar-refractivity contribution in [1.29, 1.82) is 0 Å². The van der Waals surface area contributed by atoms with Gasteiger partial charge < -0.3 is 44.5 Å². The largest absolute Gasteiger partial charge is 0.490 e. The van der Waals surface area contributed by atoms with Crippen LogP contribution < -0.4 is 4.74 Å². The number of para-hydroxylation sites is 1. The molecule has 1 heterocycles. The molecular weight excluding hydrogens is 476 g/mol. The molecule has 0 amide bonds. The molecule has 11 heteroatoms. The zero-order valence-corrected chi connectivity index (χ0v) is 19.8. The molecule has 1 aromatic carbocycles. The smallest absolute Gasteiger partial charge is 0.331 e. The van der Waals surface area contributed by atoms with Crippen LogP contribution in [0.4, 0.5) is 0 Å². The van der Waals surface area contributed by atoms with Crippen LogP contribution in [0.2, 0.25) is 0 Å². The van der Waals surface area contributed by atoms with Crippen LogP contribution in [0, 0.1) is 5.92 Å². The molecule has 0 saturated carbocycles. The van der Waals surface area contributed by atoms with Gasteiger partial charge in [0.2, 0.25) is 0 Å². The third-order valence-corrected chi connectivity index (χ3v) is 6.16. The summed E-state index contributed by atoms with van der Waals surface area (Å²) >= 11 is 0. The zero-order valence-electron chi connectivity index (χ0n) is 19.8. The van der Waals surface area contributed by atoms with Crippen LogP contribution in [0.3, 0.4) is 0 Å². The Morgan fingerprint density at radius 3 is 2.44 bits per heavy atom. The minimum Gasteiger partial charge on any atom is -0.490 e. The van der Waals surface area contributed by atoms with Crippen molar-refractivity contribution >= 4 is 11.9 Å². The summed E-state index contributed by atoms with van der Waals surface area (Å²) in [6.07, 6.45) is -5.22. The number of esters is 1. The fraction of sp³-hybridized carbons (Fsp3) is 0.520. The lowest BCUT2D eigenvalue weighted by molar-refractivity contribution is -0.308. The number of allylic oxidation sites excluding steroid dienone is 1. The number of carbonyl (C=O) groups excluding carboxylic acids is 1. The molecule has 1 fully saturated rings. The van der Waals surface area contributed by atoms with Crippen LogP contribution in [0.5, 0.6) is 5.75 Å². The lowest BCUT2D eigenvalue weighted by Gasteiger charge is -2.42. The molecule has 11 nitrogen and oxygen atoms in total. The van der Waals surface area contributed by atoms with Crippen molar-refractivity contribution in [2.75, 3.05) is 19.8 Å². The highest BCUT2D eigenvalue weighted by Crippen LogP contribution is 2.37. The highest BCUT2D eigenvalue weighted by atomic mass is 16.7. The van der Waals surface area contributed by atoms with Gasteiger partial charge in [0.1, 0.15) is 43.4 Å². The van der Waals surface area contributed by atoms with Crippen molar-refractivity contribution in [3.8, 4) is 5.75 Å². The minimum atomic E-state index is -1.62. The molecular formula is C25H32O11. The molecule has 1 saturated heterocycles. The number of ether oxygens (including phenoxy) is 4. The predicted octanol–water partition coefficient (Wildman–Crippen LogP) is 0.161. The van der Waals surface area contributed by atoms with Crippen LogP contribution in [-0.4, -0.2) is 94.1 Å². The van der Waals surface area contributed by atoms with Crippen LogP contribution in [0.15, 0.2) is 53.6 Å². The Morgan fingerprint density at radius 2 is 1.81 bits per heavy atom. The summed E-state index contributed by atoms with van der Waals surface area (Å²) in [6, 6.07) is 9.00. The first kappa shape index (κ1) is 27.8. The van der Waals surface area contributed by atoms with E-state index in [1.165, 1.54) is 6.08 Å². The minimum absolute atomic E-state index is 0.00855. The molecule has 1 aliphatic carbocycles. The molecule has 0 unspecified atom stereocenters. The molecule has 0 radical (unpaired) electrons. The quantitative estimate of drug-likeness (QED) is 0.166. The van der Waals surface area contributed by atoms with E-state index in [0.29, 0.717) is 11.3 Å². The number of aliphatic hydroxyl groups excluding tert-OH is 4. The molecule has 0 aromatic heterocycles. The van der Waals surface area contributed by atoms with E-state index in [2.05, 4.69) is 0 Å². The Bertz CT molecular complexity index is 943. The van der Waals surface area contributed by atoms with Crippen LogP contribution in [0.1, 0.15) is 19.8 Å². The Balaban J connectivity index is 1.65. The first-order valence-corrected chi connectivity index (χ1v) is 11.7. The molecule has 5 N–H and O–H groups in total. The Labute approximate surface area is 208 Å². The normalized spacial score (nSPS) is 31.5. The lowest BCUT2D eigenvalue weighted by atomic mass is 9.79. The topological polar surface area (TPSA) is 172 Å². The molecule has 0 bridgehead atoms. The first-order chi connectivity index (χ1) is 17.3. The van der Waals surface area contributed by atoms with Crippen LogP contribution >= 0.6 is 0 Å². The summed E-state index contributed by atoms with van der Waals surface area (Å²) in [5.74, 6) is -2.05. The summed E-state index contributed by atoms with van der Waals surface area (Å²) in [4.78, 5) is 24.4. The number of rotatable bonds is 10. The molecule has 0 spiro atoms. The highest BCUT2D eigenvalue weighted by Gasteiger charge is 2.46. The number of carboxylic acids is 1. The van der Waals surface area contributed by atoms with Gasteiger partial charge >= 0.3 is 11.9 Å². The van der Waals surface area contributed by atoms with Gasteiger partial charge in [0.05, 0.1) is 19.1 Å². The highest BCUT2D eigenvalue weighted by molar-refractivity contribution is 5.89. The Morgan fingerprint density at radius 1 is 1.08 bits per heavy atom. The lowest BCUT2D eigenvalue weighted by Crippen LogP contribution is -2.59. The van der Waals surface area contributed by atoms with E-state index in [-0.39, 0.29) is 31.6 Å². The van der Waals surface area contributed by atoms with Crippen molar-refractivity contribution in [1.82, 2.24) is 0 Å². The van der Waals surface area contributed by atoms with Gasteiger partial charge in [-0.05, 0) is 31.1 Å². The second-order valence-electron chi connectivity index (χ2n) is 8.45. The van der Waals surface area contributed by atoms with Gasteiger partial charge in [-0.3, -0.25) is 4.79 Å². The second kappa shape index (κ2) is 12.9. The van der Waals surface area contributed by atoms with Crippen LogP contribution in [0.25, 0.3) is 0 Å². The Hall–Kier alpha value is -2.80. The number of aliphatic carboxylic acids is 1. The fourth-order valence-electron chi connectivity index (χ4n) is 4.30. The third-order valence-electron chi connectivity index (χ3n) is 6.16. The van der Waals surface area contributed by atoms with Crippen molar-refractivity contribution < 1.29 is 54.1 Å². The van der Waals surface area contributed by atoms with Gasteiger partial charge in [-0.15, -0.1) is 0 Å². The molecule has 7 atom stereocenters. The number of hydrogen-bond donors (Lipinski definition) is 5. The maximum atomic E-state index is 12.5.